The lowest BCUT2D eigenvalue weighted by atomic mass is 9.86. The van der Waals surface area contributed by atoms with E-state index in [-0.39, 0.29) is 50.7 Å². The number of carbonyl (C=O) groups excluding carboxylic acids is 2. The lowest BCUT2D eigenvalue weighted by Crippen LogP contribution is -2.53. The van der Waals surface area contributed by atoms with Crippen LogP contribution in [-0.4, -0.2) is 77.1 Å². The molecular weight excluding hydrogens is 705 g/mol. The predicted octanol–water partition coefficient (Wildman–Crippen LogP) is 5.59. The molecule has 0 saturated carbocycles. The predicted molar refractivity (Wildman–Crippen MR) is 174 cm³/mol. The topological polar surface area (TPSA) is 128 Å². The number of carbonyl (C=O) groups is 2. The molecule has 17 heteroatoms. The van der Waals surface area contributed by atoms with Gasteiger partial charge in [0.15, 0.2) is 5.75 Å². The quantitative estimate of drug-likeness (QED) is 0.226. The summed E-state index contributed by atoms with van der Waals surface area (Å²) in [6, 6.07) is 16.0. The Morgan fingerprint density at radius 3 is 2.24 bits per heavy atom. The highest BCUT2D eigenvalue weighted by atomic mass is 35.5. The Balaban J connectivity index is 1.47. The van der Waals surface area contributed by atoms with E-state index in [4.69, 9.17) is 25.8 Å². The molecule has 1 atom stereocenters. The molecule has 1 unspecified atom stereocenters. The van der Waals surface area contributed by atoms with Crippen LogP contribution in [-0.2, 0) is 25.2 Å². The Labute approximate surface area is 289 Å². The molecule has 2 aliphatic heterocycles. The van der Waals surface area contributed by atoms with Gasteiger partial charge in [-0.2, -0.15) is 4.31 Å². The SMILES string of the molecule is COc1ccc(S(=O)(=O)N2C(=O)C(OC(=O)N3CCN(c4ccncc4)CC3)(c3ccccc3OC)c3cc(Cl)ccc32)c(OC(F)(F)F)c1. The van der Waals surface area contributed by atoms with E-state index in [1.165, 1.54) is 55.5 Å². The molecule has 0 bridgehead atoms. The van der Waals surface area contributed by atoms with Crippen LogP contribution >= 0.6 is 11.6 Å². The molecule has 0 aliphatic carbocycles. The highest BCUT2D eigenvalue weighted by Crippen LogP contribution is 2.53. The van der Waals surface area contributed by atoms with Crippen LogP contribution in [0.25, 0.3) is 0 Å². The van der Waals surface area contributed by atoms with Crippen molar-refractivity contribution in [3.05, 3.63) is 101 Å². The molecule has 1 aromatic heterocycles. The maximum absolute atomic E-state index is 14.9. The van der Waals surface area contributed by atoms with Crippen LogP contribution in [0.15, 0.2) is 90.1 Å². The first kappa shape index (κ1) is 34.6. The first-order valence-electron chi connectivity index (χ1n) is 14.9. The van der Waals surface area contributed by atoms with E-state index in [0.29, 0.717) is 13.1 Å². The van der Waals surface area contributed by atoms with E-state index < -0.39 is 44.6 Å². The molecular formula is C33H28ClF3N4O8S. The highest BCUT2D eigenvalue weighted by molar-refractivity contribution is 7.93. The van der Waals surface area contributed by atoms with Crippen molar-refractivity contribution in [1.29, 1.82) is 0 Å². The van der Waals surface area contributed by atoms with Crippen LogP contribution in [0.1, 0.15) is 11.1 Å². The fraction of sp³-hybridized carbons (Fsp3) is 0.242. The van der Waals surface area contributed by atoms with Gasteiger partial charge in [-0.15, -0.1) is 13.2 Å². The number of nitrogens with zero attached hydrogens (tertiary/aromatic N) is 4. The molecule has 6 rings (SSSR count). The average molecular weight is 733 g/mol. The van der Waals surface area contributed by atoms with Gasteiger partial charge in [0.1, 0.15) is 16.4 Å². The summed E-state index contributed by atoms with van der Waals surface area (Å²) < 4.78 is 90.4. The second-order valence-electron chi connectivity index (χ2n) is 11.0. The smallest absolute Gasteiger partial charge is 0.497 e. The molecule has 1 saturated heterocycles. The van der Waals surface area contributed by atoms with Crippen molar-refractivity contribution in [3.8, 4) is 17.2 Å². The summed E-state index contributed by atoms with van der Waals surface area (Å²) in [5.41, 5.74) is -2.19. The molecule has 4 aromatic rings. The number of hydrogen-bond donors (Lipinski definition) is 0. The first-order chi connectivity index (χ1) is 23.8. The van der Waals surface area contributed by atoms with Gasteiger partial charge in [0, 0.05) is 60.9 Å². The van der Waals surface area contributed by atoms with Gasteiger partial charge in [-0.05, 0) is 48.5 Å². The summed E-state index contributed by atoms with van der Waals surface area (Å²) in [4.78, 5) is 35.4. The molecule has 262 valence electrons. The molecule has 12 nitrogen and oxygen atoms in total. The second-order valence-corrected chi connectivity index (χ2v) is 13.2. The molecule has 3 aromatic carbocycles. The Hall–Kier alpha value is -5.22. The minimum Gasteiger partial charge on any atom is -0.497 e. The van der Waals surface area contributed by atoms with Crippen LogP contribution in [0.3, 0.4) is 0 Å². The van der Waals surface area contributed by atoms with Crippen molar-refractivity contribution in [2.75, 3.05) is 49.6 Å². The number of hydrogen-bond acceptors (Lipinski definition) is 10. The molecule has 50 heavy (non-hydrogen) atoms. The number of rotatable bonds is 8. The molecule has 2 amide bonds. The standard InChI is InChI=1S/C33H28ClF3N4O8S/c1-46-23-8-10-29(28(20-23)48-33(35,36)37)50(44,45)41-26-9-7-21(34)19-25(26)32(30(41)42,24-5-3-4-6-27(24)47-2)49-31(43)40-17-15-39(16-18-40)22-11-13-38-14-12-22/h3-14,19-20H,15-18H2,1-2H3. The van der Waals surface area contributed by atoms with Crippen LogP contribution in [0.2, 0.25) is 5.02 Å². The number of halogens is 4. The number of methoxy groups -OCH3 is 2. The molecule has 0 radical (unpaired) electrons. The van der Waals surface area contributed by atoms with Gasteiger partial charge in [0.05, 0.1) is 25.5 Å². The fourth-order valence-electron chi connectivity index (χ4n) is 5.95. The fourth-order valence-corrected chi connectivity index (χ4v) is 7.68. The lowest BCUT2D eigenvalue weighted by Gasteiger charge is -2.38. The molecule has 3 heterocycles. The Bertz CT molecular complexity index is 2050. The zero-order valence-corrected chi connectivity index (χ0v) is 28.0. The van der Waals surface area contributed by atoms with Crippen molar-refractivity contribution >= 4 is 45.0 Å². The summed E-state index contributed by atoms with van der Waals surface area (Å²) in [6.07, 6.45) is -2.99. The highest BCUT2D eigenvalue weighted by Gasteiger charge is 2.61. The third-order valence-corrected chi connectivity index (χ3v) is 10.2. The lowest BCUT2D eigenvalue weighted by molar-refractivity contribution is -0.275. The van der Waals surface area contributed by atoms with Crippen LogP contribution < -0.4 is 23.4 Å². The summed E-state index contributed by atoms with van der Waals surface area (Å²) in [5, 5.41) is 0.0441. The minimum atomic E-state index is -5.31. The summed E-state index contributed by atoms with van der Waals surface area (Å²) in [5.74, 6) is -2.59. The van der Waals surface area contributed by atoms with E-state index in [1.54, 1.807) is 18.5 Å². The molecule has 0 N–H and O–H groups in total. The van der Waals surface area contributed by atoms with E-state index in [2.05, 4.69) is 9.72 Å². The van der Waals surface area contributed by atoms with Gasteiger partial charge in [-0.3, -0.25) is 9.78 Å². The maximum Gasteiger partial charge on any atom is 0.573 e. The number of pyridine rings is 1. The average Bonchev–Trinajstić information content (AvgIpc) is 3.35. The van der Waals surface area contributed by atoms with Crippen molar-refractivity contribution in [1.82, 2.24) is 9.88 Å². The number of para-hydroxylation sites is 1. The van der Waals surface area contributed by atoms with Crippen molar-refractivity contribution in [2.24, 2.45) is 0 Å². The number of piperazine rings is 1. The van der Waals surface area contributed by atoms with Crippen LogP contribution in [0, 0.1) is 0 Å². The van der Waals surface area contributed by atoms with E-state index >= 15 is 0 Å². The Morgan fingerprint density at radius 2 is 1.58 bits per heavy atom. The second kappa shape index (κ2) is 13.2. The number of anilines is 2. The normalized spacial score (nSPS) is 17.7. The van der Waals surface area contributed by atoms with Crippen molar-refractivity contribution in [3.63, 3.8) is 0 Å². The largest absolute Gasteiger partial charge is 0.573 e. The number of aromatic nitrogens is 1. The number of sulfonamides is 1. The van der Waals surface area contributed by atoms with Gasteiger partial charge < -0.3 is 28.7 Å². The monoisotopic (exact) mass is 732 g/mol. The number of benzene rings is 3. The Kier molecular flexibility index (Phi) is 9.17. The van der Waals surface area contributed by atoms with Gasteiger partial charge in [-0.25, -0.2) is 13.2 Å². The van der Waals surface area contributed by atoms with Crippen LogP contribution in [0.5, 0.6) is 17.2 Å². The summed E-state index contributed by atoms with van der Waals surface area (Å²) in [6.45, 7) is 1.14. The first-order valence-corrected chi connectivity index (χ1v) is 16.7. The number of ether oxygens (including phenoxy) is 4. The van der Waals surface area contributed by atoms with E-state index in [0.717, 1.165) is 23.9 Å². The third-order valence-electron chi connectivity index (χ3n) is 8.23. The Morgan fingerprint density at radius 1 is 0.880 bits per heavy atom. The van der Waals surface area contributed by atoms with Crippen molar-refractivity contribution in [2.45, 2.75) is 16.9 Å². The summed E-state index contributed by atoms with van der Waals surface area (Å²) >= 11 is 6.40. The van der Waals surface area contributed by atoms with E-state index in [1.807, 2.05) is 17.0 Å². The van der Waals surface area contributed by atoms with E-state index in [9.17, 15) is 31.2 Å². The third kappa shape index (κ3) is 6.20. The minimum absolute atomic E-state index is 0.0441. The molecule has 1 fully saturated rings. The molecule has 0 spiro atoms. The van der Waals surface area contributed by atoms with Gasteiger partial charge in [0.2, 0.25) is 5.60 Å². The number of amides is 2. The maximum atomic E-state index is 14.9. The zero-order valence-electron chi connectivity index (χ0n) is 26.4. The van der Waals surface area contributed by atoms with Gasteiger partial charge in [-0.1, -0.05) is 29.8 Å². The summed E-state index contributed by atoms with van der Waals surface area (Å²) in [7, 11) is -2.77. The zero-order chi connectivity index (χ0) is 35.8. The number of fused-ring (bicyclic) bond motifs is 1. The van der Waals surface area contributed by atoms with Gasteiger partial charge in [0.25, 0.3) is 15.9 Å². The number of alkyl halides is 3. The van der Waals surface area contributed by atoms with Gasteiger partial charge >= 0.3 is 12.5 Å². The molecule has 2 aliphatic rings. The van der Waals surface area contributed by atoms with Crippen LogP contribution in [0.4, 0.5) is 29.3 Å². The van der Waals surface area contributed by atoms with Crippen molar-refractivity contribution < 1.29 is 50.1 Å².